The molecule has 1 atom stereocenters. The number of hydrogen-bond acceptors (Lipinski definition) is 2. The van der Waals surface area contributed by atoms with Crippen LogP contribution in [0.2, 0.25) is 10.0 Å². The van der Waals surface area contributed by atoms with Gasteiger partial charge in [0, 0.05) is 16.6 Å². The fraction of sp³-hybridized carbons (Fsp3) is 0.417. The van der Waals surface area contributed by atoms with Gasteiger partial charge in [0.2, 0.25) is 0 Å². The minimum atomic E-state index is -4.77. The van der Waals surface area contributed by atoms with Gasteiger partial charge in [0.05, 0.1) is 0 Å². The lowest BCUT2D eigenvalue weighted by Gasteiger charge is -2.16. The lowest BCUT2D eigenvalue weighted by Crippen LogP contribution is -2.39. The number of carboxylic acid groups (broad SMARTS) is 1. The topological polar surface area (TPSA) is 49.3 Å². The van der Waals surface area contributed by atoms with Crippen molar-refractivity contribution in [2.75, 3.05) is 13.1 Å². The Hall–Kier alpha value is -0.980. The first-order chi connectivity index (χ1) is 9.21. The van der Waals surface area contributed by atoms with Gasteiger partial charge < -0.3 is 10.4 Å². The molecule has 1 aromatic rings. The fourth-order valence-corrected chi connectivity index (χ4v) is 2.04. The molecule has 0 aliphatic carbocycles. The summed E-state index contributed by atoms with van der Waals surface area (Å²) in [6.45, 7) is -0.495. The highest BCUT2D eigenvalue weighted by molar-refractivity contribution is 6.35. The first-order valence-corrected chi connectivity index (χ1v) is 6.41. The van der Waals surface area contributed by atoms with Crippen molar-refractivity contribution in [1.82, 2.24) is 5.32 Å². The van der Waals surface area contributed by atoms with Gasteiger partial charge in [-0.3, -0.25) is 4.79 Å². The molecule has 0 aliphatic rings. The summed E-state index contributed by atoms with van der Waals surface area (Å²) in [7, 11) is 0. The van der Waals surface area contributed by atoms with Gasteiger partial charge >= 0.3 is 12.1 Å². The van der Waals surface area contributed by atoms with E-state index in [1.54, 1.807) is 12.1 Å². The van der Waals surface area contributed by atoms with Gasteiger partial charge in [0.15, 0.2) is 5.92 Å². The molecular weight excluding hydrogens is 318 g/mol. The minimum Gasteiger partial charge on any atom is -0.481 e. The first-order valence-electron chi connectivity index (χ1n) is 5.66. The third kappa shape index (κ3) is 5.19. The molecule has 112 valence electrons. The number of carbonyl (C=O) groups is 1. The molecule has 0 heterocycles. The quantitative estimate of drug-likeness (QED) is 0.786. The molecule has 1 unspecified atom stereocenters. The van der Waals surface area contributed by atoms with Crippen LogP contribution < -0.4 is 5.32 Å². The maximum absolute atomic E-state index is 12.4. The van der Waals surface area contributed by atoms with Gasteiger partial charge in [-0.2, -0.15) is 13.2 Å². The van der Waals surface area contributed by atoms with Crippen molar-refractivity contribution >= 4 is 29.2 Å². The highest BCUT2D eigenvalue weighted by Gasteiger charge is 2.44. The van der Waals surface area contributed by atoms with E-state index in [0.717, 1.165) is 5.56 Å². The molecule has 8 heteroatoms. The largest absolute Gasteiger partial charge is 0.481 e. The Morgan fingerprint density at radius 3 is 2.50 bits per heavy atom. The molecule has 2 N–H and O–H groups in total. The SMILES string of the molecule is O=C(O)C(CNCCc1ccc(Cl)cc1Cl)C(F)(F)F. The average molecular weight is 330 g/mol. The summed E-state index contributed by atoms with van der Waals surface area (Å²) in [5.41, 5.74) is 0.724. The van der Waals surface area contributed by atoms with Gasteiger partial charge in [-0.05, 0) is 30.7 Å². The van der Waals surface area contributed by atoms with E-state index in [-0.39, 0.29) is 6.54 Å². The van der Waals surface area contributed by atoms with Crippen LogP contribution in [-0.4, -0.2) is 30.3 Å². The Morgan fingerprint density at radius 1 is 1.35 bits per heavy atom. The van der Waals surface area contributed by atoms with Crippen LogP contribution in [0.1, 0.15) is 5.56 Å². The predicted molar refractivity (Wildman–Crippen MR) is 70.2 cm³/mol. The second-order valence-corrected chi connectivity index (χ2v) is 4.97. The summed E-state index contributed by atoms with van der Waals surface area (Å²) < 4.78 is 37.1. The molecule has 20 heavy (non-hydrogen) atoms. The van der Waals surface area contributed by atoms with Crippen molar-refractivity contribution in [3.63, 3.8) is 0 Å². The van der Waals surface area contributed by atoms with Crippen LogP contribution >= 0.6 is 23.2 Å². The number of rotatable bonds is 6. The third-order valence-electron chi connectivity index (χ3n) is 2.63. The zero-order chi connectivity index (χ0) is 15.3. The Labute approximate surface area is 123 Å². The van der Waals surface area contributed by atoms with Crippen LogP contribution in [0.15, 0.2) is 18.2 Å². The molecule has 0 saturated carbocycles. The Bertz CT molecular complexity index is 480. The van der Waals surface area contributed by atoms with E-state index < -0.39 is 24.6 Å². The van der Waals surface area contributed by atoms with Gasteiger partial charge in [-0.15, -0.1) is 0 Å². The molecule has 0 spiro atoms. The maximum atomic E-state index is 12.4. The lowest BCUT2D eigenvalue weighted by atomic mass is 10.1. The van der Waals surface area contributed by atoms with Crippen molar-refractivity contribution in [3.05, 3.63) is 33.8 Å². The number of hydrogen-bond donors (Lipinski definition) is 2. The highest BCUT2D eigenvalue weighted by Crippen LogP contribution is 2.26. The van der Waals surface area contributed by atoms with Gasteiger partial charge in [-0.1, -0.05) is 29.3 Å². The van der Waals surface area contributed by atoms with Crippen LogP contribution in [0.25, 0.3) is 0 Å². The molecule has 0 radical (unpaired) electrons. The van der Waals surface area contributed by atoms with Gasteiger partial charge in [-0.25, -0.2) is 0 Å². The molecule has 0 aliphatic heterocycles. The van der Waals surface area contributed by atoms with Crippen LogP contribution in [0.5, 0.6) is 0 Å². The van der Waals surface area contributed by atoms with Crippen molar-refractivity contribution in [3.8, 4) is 0 Å². The first kappa shape index (κ1) is 17.1. The smallest absolute Gasteiger partial charge is 0.403 e. The summed E-state index contributed by atoms with van der Waals surface area (Å²) in [6, 6.07) is 4.83. The van der Waals surface area contributed by atoms with Crippen LogP contribution in [0, 0.1) is 5.92 Å². The molecule has 0 fully saturated rings. The number of carboxylic acids is 1. The van der Waals surface area contributed by atoms with Gasteiger partial charge in [0.25, 0.3) is 0 Å². The van der Waals surface area contributed by atoms with E-state index >= 15 is 0 Å². The molecule has 0 bridgehead atoms. The zero-order valence-electron chi connectivity index (χ0n) is 10.2. The van der Waals surface area contributed by atoms with Crippen molar-refractivity contribution in [2.24, 2.45) is 5.92 Å². The zero-order valence-corrected chi connectivity index (χ0v) is 11.7. The molecule has 0 saturated heterocycles. The molecule has 1 rings (SSSR count). The lowest BCUT2D eigenvalue weighted by molar-refractivity contribution is -0.192. The molecule has 1 aromatic carbocycles. The van der Waals surface area contributed by atoms with Gasteiger partial charge in [0.1, 0.15) is 0 Å². The molecule has 0 aromatic heterocycles. The summed E-state index contributed by atoms with van der Waals surface area (Å²) in [6.07, 6.45) is -4.39. The van der Waals surface area contributed by atoms with Crippen molar-refractivity contribution < 1.29 is 23.1 Å². The maximum Gasteiger partial charge on any atom is 0.403 e. The second kappa shape index (κ2) is 7.15. The Kier molecular flexibility index (Phi) is 6.10. The van der Waals surface area contributed by atoms with Crippen LogP contribution in [0.4, 0.5) is 13.2 Å². The van der Waals surface area contributed by atoms with E-state index in [0.29, 0.717) is 16.5 Å². The van der Waals surface area contributed by atoms with Crippen LogP contribution in [0.3, 0.4) is 0 Å². The van der Waals surface area contributed by atoms with E-state index in [1.165, 1.54) is 6.07 Å². The van der Waals surface area contributed by atoms with E-state index in [2.05, 4.69) is 5.32 Å². The summed E-state index contributed by atoms with van der Waals surface area (Å²) in [5.74, 6) is -4.31. The standard InChI is InChI=1S/C12H12Cl2F3NO2/c13-8-2-1-7(10(14)5-8)3-4-18-6-9(11(19)20)12(15,16)17/h1-2,5,9,18H,3-4,6H2,(H,19,20). The van der Waals surface area contributed by atoms with E-state index in [4.69, 9.17) is 28.3 Å². The summed E-state index contributed by atoms with van der Waals surface area (Å²) in [5, 5.41) is 11.9. The summed E-state index contributed by atoms with van der Waals surface area (Å²) in [4.78, 5) is 10.5. The number of aliphatic carboxylic acids is 1. The monoisotopic (exact) mass is 329 g/mol. The van der Waals surface area contributed by atoms with E-state index in [1.807, 2.05) is 0 Å². The number of halogens is 5. The predicted octanol–water partition coefficient (Wildman–Crippen LogP) is 3.39. The van der Waals surface area contributed by atoms with Crippen molar-refractivity contribution in [1.29, 1.82) is 0 Å². The highest BCUT2D eigenvalue weighted by atomic mass is 35.5. The summed E-state index contributed by atoms with van der Waals surface area (Å²) >= 11 is 11.6. The molecule has 3 nitrogen and oxygen atoms in total. The fourth-order valence-electron chi connectivity index (χ4n) is 1.54. The third-order valence-corrected chi connectivity index (χ3v) is 3.21. The van der Waals surface area contributed by atoms with Crippen molar-refractivity contribution in [2.45, 2.75) is 12.6 Å². The molecule has 0 amide bonds. The number of benzene rings is 1. The number of alkyl halides is 3. The van der Waals surface area contributed by atoms with Crippen LogP contribution in [-0.2, 0) is 11.2 Å². The second-order valence-electron chi connectivity index (χ2n) is 4.12. The minimum absolute atomic E-state index is 0.182. The number of nitrogens with one attached hydrogen (secondary N) is 1. The molecular formula is C12H12Cl2F3NO2. The Balaban J connectivity index is 2.46. The van der Waals surface area contributed by atoms with E-state index in [9.17, 15) is 18.0 Å². The average Bonchev–Trinajstić information content (AvgIpc) is 2.29. The normalized spacial score (nSPS) is 13.2. The Morgan fingerprint density at radius 2 is 2.00 bits per heavy atom.